The van der Waals surface area contributed by atoms with Crippen molar-refractivity contribution in [3.05, 3.63) is 11.6 Å². The maximum absolute atomic E-state index is 12.4. The fourth-order valence-corrected chi connectivity index (χ4v) is 6.82. The number of ketones is 1. The lowest BCUT2D eigenvalue weighted by molar-refractivity contribution is -0.138. The Labute approximate surface area is 133 Å². The third-order valence-corrected chi connectivity index (χ3v) is 8.06. The second-order valence-electron chi connectivity index (χ2n) is 8.59. The zero-order valence-corrected chi connectivity index (χ0v) is 13.9. The number of fused-ring (bicyclic) bond motifs is 5. The normalized spacial score (nSPS) is 50.6. The zero-order chi connectivity index (χ0) is 15.5. The van der Waals surface area contributed by atoms with Gasteiger partial charge in [0.15, 0.2) is 0 Å². The summed E-state index contributed by atoms with van der Waals surface area (Å²) in [5.41, 5.74) is 1.16. The Morgan fingerprint density at radius 2 is 1.95 bits per heavy atom. The fourth-order valence-electron chi connectivity index (χ4n) is 6.82. The number of hydrogen-bond acceptors (Lipinski definition) is 2. The highest BCUT2D eigenvalue weighted by molar-refractivity contribution is 5.87. The molecule has 0 aromatic carbocycles. The molecule has 4 rings (SSSR count). The van der Waals surface area contributed by atoms with Crippen LogP contribution in [-0.4, -0.2) is 12.1 Å². The fraction of sp³-hybridized carbons (Fsp3) is 0.800. The summed E-state index contributed by atoms with van der Waals surface area (Å²) in [6.07, 6.45) is 12.2. The predicted molar refractivity (Wildman–Crippen MR) is 86.3 cm³/mol. The zero-order valence-electron chi connectivity index (χ0n) is 13.9. The minimum Gasteiger partial charge on any atom is -0.302 e. The van der Waals surface area contributed by atoms with E-state index in [4.69, 9.17) is 0 Å². The van der Waals surface area contributed by atoms with Gasteiger partial charge in [0.2, 0.25) is 0 Å². The van der Waals surface area contributed by atoms with E-state index in [1.54, 1.807) is 0 Å². The highest BCUT2D eigenvalue weighted by Gasteiger charge is 2.61. The second kappa shape index (κ2) is 4.79. The number of allylic oxidation sites excluding steroid dienone is 2. The smallest absolute Gasteiger partial charge is 0.139 e. The average molecular weight is 300 g/mol. The van der Waals surface area contributed by atoms with Gasteiger partial charge in [0.05, 0.1) is 5.41 Å². The molecule has 4 aliphatic rings. The van der Waals surface area contributed by atoms with Gasteiger partial charge in [-0.05, 0) is 68.6 Å². The molecule has 0 spiro atoms. The van der Waals surface area contributed by atoms with Gasteiger partial charge < -0.3 is 4.79 Å². The van der Waals surface area contributed by atoms with Crippen LogP contribution in [0.1, 0.15) is 65.2 Å². The molecule has 0 heterocycles. The molecule has 6 atom stereocenters. The lowest BCUT2D eigenvalue weighted by Crippen LogP contribution is -2.54. The molecule has 22 heavy (non-hydrogen) atoms. The van der Waals surface area contributed by atoms with Crippen LogP contribution in [0.4, 0.5) is 0 Å². The lowest BCUT2D eigenvalue weighted by Gasteiger charge is -2.58. The highest BCUT2D eigenvalue weighted by atomic mass is 16.1. The van der Waals surface area contributed by atoms with Gasteiger partial charge in [-0.15, -0.1) is 0 Å². The molecule has 3 fully saturated rings. The molecule has 120 valence electrons. The molecule has 0 aliphatic heterocycles. The Morgan fingerprint density at radius 1 is 1.14 bits per heavy atom. The van der Waals surface area contributed by atoms with Crippen LogP contribution in [0.2, 0.25) is 0 Å². The van der Waals surface area contributed by atoms with E-state index in [1.165, 1.54) is 18.3 Å². The molecule has 3 saturated carbocycles. The van der Waals surface area contributed by atoms with Crippen molar-refractivity contribution in [3.8, 4) is 0 Å². The third kappa shape index (κ3) is 1.62. The monoisotopic (exact) mass is 300 g/mol. The van der Waals surface area contributed by atoms with Crippen molar-refractivity contribution in [2.24, 2.45) is 34.5 Å². The lowest BCUT2D eigenvalue weighted by atomic mass is 9.45. The van der Waals surface area contributed by atoms with Crippen molar-refractivity contribution in [2.45, 2.75) is 65.2 Å². The van der Waals surface area contributed by atoms with Gasteiger partial charge in [0.25, 0.3) is 0 Å². The van der Waals surface area contributed by atoms with Gasteiger partial charge in [-0.2, -0.15) is 0 Å². The first-order chi connectivity index (χ1) is 10.5. The molecule has 2 heteroatoms. The second-order valence-corrected chi connectivity index (χ2v) is 8.59. The summed E-state index contributed by atoms with van der Waals surface area (Å²) in [5.74, 6) is 2.58. The molecule has 0 N–H and O–H groups in total. The summed E-state index contributed by atoms with van der Waals surface area (Å²) < 4.78 is 0. The molecule has 0 unspecified atom stereocenters. The molecule has 0 saturated heterocycles. The van der Waals surface area contributed by atoms with Crippen LogP contribution < -0.4 is 0 Å². The van der Waals surface area contributed by atoms with Crippen LogP contribution >= 0.6 is 0 Å². The summed E-state index contributed by atoms with van der Waals surface area (Å²) in [6.45, 7) is 4.50. The first-order valence-corrected chi connectivity index (χ1v) is 9.23. The van der Waals surface area contributed by atoms with Crippen LogP contribution in [0.3, 0.4) is 0 Å². The van der Waals surface area contributed by atoms with Crippen molar-refractivity contribution in [1.82, 2.24) is 0 Å². The summed E-state index contributed by atoms with van der Waals surface area (Å²) in [6, 6.07) is 0. The van der Waals surface area contributed by atoms with E-state index >= 15 is 0 Å². The Morgan fingerprint density at radius 3 is 2.73 bits per heavy atom. The number of carbonyl (C=O) groups is 2. The van der Waals surface area contributed by atoms with Crippen LogP contribution in [0, 0.1) is 34.5 Å². The first kappa shape index (κ1) is 14.7. The van der Waals surface area contributed by atoms with Gasteiger partial charge in [-0.3, -0.25) is 4.79 Å². The van der Waals surface area contributed by atoms with Gasteiger partial charge in [0.1, 0.15) is 12.1 Å². The number of carbonyl (C=O) groups excluding carboxylic acids is 2. The maximum atomic E-state index is 12.4. The van der Waals surface area contributed by atoms with E-state index in [0.29, 0.717) is 29.5 Å². The molecule has 0 amide bonds. The standard InChI is InChI=1S/C20H28O2/c1-13-4-3-5-14-6-7-15-16-8-9-18(22)19(16,2)11-10-17(15)20(13,14)12-21/h5,12-13,15-17H,3-4,6-11H2,1-2H3/t13-,15-,16-,17-,19-,20-/m0/s1. The largest absolute Gasteiger partial charge is 0.302 e. The molecular formula is C20H28O2. The van der Waals surface area contributed by atoms with E-state index in [1.807, 2.05) is 0 Å². The van der Waals surface area contributed by atoms with Crippen molar-refractivity contribution < 1.29 is 9.59 Å². The molecule has 0 radical (unpaired) electrons. The Balaban J connectivity index is 1.76. The minimum absolute atomic E-state index is 0.0790. The van der Waals surface area contributed by atoms with E-state index < -0.39 is 0 Å². The number of hydrogen-bond donors (Lipinski definition) is 0. The topological polar surface area (TPSA) is 34.1 Å². The van der Waals surface area contributed by atoms with Crippen LogP contribution in [-0.2, 0) is 9.59 Å². The first-order valence-electron chi connectivity index (χ1n) is 9.23. The van der Waals surface area contributed by atoms with Crippen molar-refractivity contribution >= 4 is 12.1 Å². The summed E-state index contributed by atoms with van der Waals surface area (Å²) in [7, 11) is 0. The molecule has 0 bridgehead atoms. The molecule has 0 aromatic rings. The Bertz CT molecular complexity index is 548. The SMILES string of the molecule is C[C@H]1CCC=C2CC[C@@H]3[C@H](CC[C@]4(C)C(=O)CC[C@@H]34)[C@]21C=O. The minimum atomic E-state index is -0.200. The molecular weight excluding hydrogens is 272 g/mol. The van der Waals surface area contributed by atoms with Crippen molar-refractivity contribution in [3.63, 3.8) is 0 Å². The van der Waals surface area contributed by atoms with E-state index in [-0.39, 0.29) is 10.8 Å². The molecule has 0 aromatic heterocycles. The third-order valence-electron chi connectivity index (χ3n) is 8.06. The Hall–Kier alpha value is -0.920. The average Bonchev–Trinajstić information content (AvgIpc) is 2.83. The van der Waals surface area contributed by atoms with E-state index in [2.05, 4.69) is 19.9 Å². The van der Waals surface area contributed by atoms with Crippen molar-refractivity contribution in [2.75, 3.05) is 0 Å². The Kier molecular flexibility index (Phi) is 3.19. The number of rotatable bonds is 1. The van der Waals surface area contributed by atoms with Crippen LogP contribution in [0.15, 0.2) is 11.6 Å². The van der Waals surface area contributed by atoms with Crippen LogP contribution in [0.25, 0.3) is 0 Å². The van der Waals surface area contributed by atoms with E-state index in [9.17, 15) is 9.59 Å². The van der Waals surface area contributed by atoms with Gasteiger partial charge in [-0.25, -0.2) is 0 Å². The van der Waals surface area contributed by atoms with Gasteiger partial charge >= 0.3 is 0 Å². The van der Waals surface area contributed by atoms with Gasteiger partial charge in [-0.1, -0.05) is 25.5 Å². The summed E-state index contributed by atoms with van der Waals surface area (Å²) in [4.78, 5) is 24.7. The number of aldehydes is 1. The predicted octanol–water partition coefficient (Wildman–Crippen LogP) is 4.33. The summed E-state index contributed by atoms with van der Waals surface area (Å²) in [5, 5.41) is 0. The maximum Gasteiger partial charge on any atom is 0.139 e. The highest BCUT2D eigenvalue weighted by Crippen LogP contribution is 2.65. The van der Waals surface area contributed by atoms with E-state index in [0.717, 1.165) is 44.9 Å². The number of Topliss-reactive ketones (excluding diaryl/α,β-unsaturated/α-hetero) is 1. The van der Waals surface area contributed by atoms with Crippen LogP contribution in [0.5, 0.6) is 0 Å². The van der Waals surface area contributed by atoms with Gasteiger partial charge in [0, 0.05) is 11.8 Å². The molecule has 2 nitrogen and oxygen atoms in total. The van der Waals surface area contributed by atoms with Crippen molar-refractivity contribution in [1.29, 1.82) is 0 Å². The quantitative estimate of drug-likeness (QED) is 0.533. The molecule has 4 aliphatic carbocycles. The summed E-state index contributed by atoms with van der Waals surface area (Å²) >= 11 is 0.